The highest BCUT2D eigenvalue weighted by Gasteiger charge is 2.54. The number of carbonyl (C=O) groups is 3. The predicted octanol–water partition coefficient (Wildman–Crippen LogP) is 7.87. The smallest absolute Gasteiger partial charge is 0.356 e. The highest BCUT2D eigenvalue weighted by atomic mass is 35.5. The van der Waals surface area contributed by atoms with E-state index < -0.39 is 23.5 Å². The summed E-state index contributed by atoms with van der Waals surface area (Å²) < 4.78 is 8.41. The van der Waals surface area contributed by atoms with Crippen LogP contribution >= 0.6 is 69.1 Å². The minimum absolute atomic E-state index is 0.103. The molecule has 2 aliphatic heterocycles. The number of nitrogens with one attached hydrogen (secondary N) is 1. The van der Waals surface area contributed by atoms with Gasteiger partial charge in [-0.2, -0.15) is 0 Å². The van der Waals surface area contributed by atoms with Crippen LogP contribution in [0, 0.1) is 0 Å². The van der Waals surface area contributed by atoms with Crippen molar-refractivity contribution in [1.29, 1.82) is 0 Å². The first-order valence-electron chi connectivity index (χ1n) is 14.7. The number of halogens is 1. The average Bonchev–Trinajstić information content (AvgIpc) is 3.75. The van der Waals surface area contributed by atoms with E-state index >= 15 is 0 Å². The second-order valence-electron chi connectivity index (χ2n) is 10.8. The van der Waals surface area contributed by atoms with E-state index in [2.05, 4.69) is 5.32 Å². The summed E-state index contributed by atoms with van der Waals surface area (Å²) in [5.41, 5.74) is 2.24. The first-order valence-corrected chi connectivity index (χ1v) is 19.5. The Labute approximate surface area is 301 Å². The fourth-order valence-electron chi connectivity index (χ4n) is 5.44. The number of allylic oxidation sites excluding steroid dienone is 1. The number of carbonyl (C=O) groups excluding carboxylic acids is 3. The van der Waals surface area contributed by atoms with Gasteiger partial charge in [-0.25, -0.2) is 4.79 Å². The van der Waals surface area contributed by atoms with E-state index in [9.17, 15) is 19.2 Å². The third-order valence-electron chi connectivity index (χ3n) is 7.68. The summed E-state index contributed by atoms with van der Waals surface area (Å²) in [4.78, 5) is 55.7. The molecule has 242 valence electrons. The number of hydrogen-bond donors (Lipinski definition) is 1. The standard InChI is InChI=1S/C35H25ClN2O5S5/c36-26-17-24-25(39)18-28(48-35(24)47-26)45-15-13-22-19-46-33-29(37-27(40)16-23-12-7-14-44-23)32(41)38(33)30(22)34(42)43-31(20-8-3-1-4-9-20)21-10-5-2-6-11-21/h1-15,17-18,29,31,33H,16,19H2,(H,37,40)/t29?,33-/m1/s1. The summed E-state index contributed by atoms with van der Waals surface area (Å²) >= 11 is 13.3. The molecule has 2 atom stereocenters. The summed E-state index contributed by atoms with van der Waals surface area (Å²) in [6.07, 6.45) is 1.27. The molecular weight excluding hydrogens is 724 g/mol. The maximum Gasteiger partial charge on any atom is 0.356 e. The molecule has 48 heavy (non-hydrogen) atoms. The van der Waals surface area contributed by atoms with Crippen molar-refractivity contribution in [3.05, 3.63) is 144 Å². The maximum absolute atomic E-state index is 14.2. The van der Waals surface area contributed by atoms with Crippen molar-refractivity contribution in [3.8, 4) is 0 Å². The zero-order valence-corrected chi connectivity index (χ0v) is 29.7. The molecule has 0 radical (unpaired) electrons. The molecule has 2 aromatic carbocycles. The first kappa shape index (κ1) is 32.9. The predicted molar refractivity (Wildman–Crippen MR) is 197 cm³/mol. The van der Waals surface area contributed by atoms with Crippen LogP contribution in [0.25, 0.3) is 9.40 Å². The van der Waals surface area contributed by atoms with E-state index in [-0.39, 0.29) is 29.4 Å². The van der Waals surface area contributed by atoms with E-state index in [0.29, 0.717) is 21.0 Å². The van der Waals surface area contributed by atoms with Crippen molar-refractivity contribution in [2.24, 2.45) is 0 Å². The zero-order valence-electron chi connectivity index (χ0n) is 24.9. The summed E-state index contributed by atoms with van der Waals surface area (Å²) in [6.45, 7) is 0. The molecule has 5 heterocycles. The van der Waals surface area contributed by atoms with E-state index in [1.807, 2.05) is 83.6 Å². The monoisotopic (exact) mass is 748 g/mol. The molecule has 2 amide bonds. The van der Waals surface area contributed by atoms with Gasteiger partial charge in [0.1, 0.15) is 17.1 Å². The van der Waals surface area contributed by atoms with Crippen molar-refractivity contribution in [2.75, 3.05) is 5.75 Å². The lowest BCUT2D eigenvalue weighted by molar-refractivity contribution is -0.154. The summed E-state index contributed by atoms with van der Waals surface area (Å²) in [5.74, 6) is -0.850. The Kier molecular flexibility index (Phi) is 9.90. The van der Waals surface area contributed by atoms with Gasteiger partial charge < -0.3 is 10.1 Å². The van der Waals surface area contributed by atoms with E-state index in [0.717, 1.165) is 24.2 Å². The fourth-order valence-corrected chi connectivity index (χ4v) is 11.2. The van der Waals surface area contributed by atoms with Crippen LogP contribution in [0.2, 0.25) is 4.34 Å². The molecule has 0 aliphatic carbocycles. The van der Waals surface area contributed by atoms with E-state index in [1.165, 1.54) is 62.4 Å². The lowest BCUT2D eigenvalue weighted by atomic mass is 10.0. The van der Waals surface area contributed by atoms with Gasteiger partial charge in [-0.05, 0) is 45.7 Å². The van der Waals surface area contributed by atoms with Crippen LogP contribution < -0.4 is 10.7 Å². The van der Waals surface area contributed by atoms with Gasteiger partial charge in [-0.3, -0.25) is 19.3 Å². The highest BCUT2D eigenvalue weighted by molar-refractivity contribution is 8.04. The van der Waals surface area contributed by atoms with Crippen LogP contribution in [0.5, 0.6) is 0 Å². The topological polar surface area (TPSA) is 92.8 Å². The molecule has 0 spiro atoms. The van der Waals surface area contributed by atoms with E-state index in [4.69, 9.17) is 16.3 Å². The molecular formula is C35H25ClN2O5S5. The summed E-state index contributed by atoms with van der Waals surface area (Å²) in [6, 6.07) is 25.2. The van der Waals surface area contributed by atoms with Crippen LogP contribution in [0.3, 0.4) is 0 Å². The molecule has 7 rings (SSSR count). The second kappa shape index (κ2) is 14.5. The molecule has 3 aromatic heterocycles. The minimum atomic E-state index is -0.758. The quantitative estimate of drug-likeness (QED) is 0.0883. The minimum Gasteiger partial charge on any atom is -0.448 e. The van der Waals surface area contributed by atoms with Gasteiger partial charge in [0.15, 0.2) is 11.5 Å². The third-order valence-corrected chi connectivity index (χ3v) is 13.3. The van der Waals surface area contributed by atoms with Crippen molar-refractivity contribution in [1.82, 2.24) is 10.2 Å². The Balaban J connectivity index is 1.18. The molecule has 5 aromatic rings. The molecule has 7 nitrogen and oxygen atoms in total. The lowest BCUT2D eigenvalue weighted by Crippen LogP contribution is -2.70. The number of benzene rings is 2. The molecule has 1 saturated heterocycles. The Bertz CT molecular complexity index is 2070. The van der Waals surface area contributed by atoms with E-state index in [1.54, 1.807) is 18.2 Å². The number of thiophene rings is 2. The Morgan fingerprint density at radius 1 is 1.00 bits per heavy atom. The summed E-state index contributed by atoms with van der Waals surface area (Å²) in [5, 5.41) is 6.74. The van der Waals surface area contributed by atoms with Crippen LogP contribution in [0.4, 0.5) is 0 Å². The van der Waals surface area contributed by atoms with Crippen LogP contribution in [-0.2, 0) is 25.5 Å². The molecule has 1 N–H and O–H groups in total. The molecule has 2 aliphatic rings. The van der Waals surface area contributed by atoms with Crippen molar-refractivity contribution in [3.63, 3.8) is 0 Å². The fraction of sp³-hybridized carbons (Fsp3) is 0.143. The van der Waals surface area contributed by atoms with Crippen LogP contribution in [-0.4, -0.2) is 39.9 Å². The van der Waals surface area contributed by atoms with Crippen molar-refractivity contribution < 1.29 is 19.1 Å². The van der Waals surface area contributed by atoms with Gasteiger partial charge in [0.2, 0.25) is 5.91 Å². The molecule has 1 unspecified atom stereocenters. The van der Waals surface area contributed by atoms with Crippen LogP contribution in [0.1, 0.15) is 22.1 Å². The Morgan fingerprint density at radius 2 is 1.73 bits per heavy atom. The van der Waals surface area contributed by atoms with Crippen LogP contribution in [0.15, 0.2) is 122 Å². The SMILES string of the molecule is O=C(Cc1cccs1)NC1C(=O)N2C(C(=O)OC(c3ccccc3)c3ccccc3)=C(C=CSc3cc(=O)c4cc(Cl)sc4s3)CS[C@H]12. The molecule has 0 bridgehead atoms. The van der Waals surface area contributed by atoms with Gasteiger partial charge in [-0.1, -0.05) is 90.1 Å². The third kappa shape index (κ3) is 6.91. The number of fused-ring (bicyclic) bond motifs is 2. The normalized spacial score (nSPS) is 17.5. The first-order chi connectivity index (χ1) is 23.4. The number of rotatable bonds is 10. The Hall–Kier alpha value is -3.65. The number of amides is 2. The van der Waals surface area contributed by atoms with Gasteiger partial charge in [0, 0.05) is 16.7 Å². The largest absolute Gasteiger partial charge is 0.448 e. The number of nitrogens with zero attached hydrogens (tertiary/aromatic N) is 1. The molecule has 1 fully saturated rings. The lowest BCUT2D eigenvalue weighted by Gasteiger charge is -2.49. The zero-order chi connectivity index (χ0) is 33.2. The van der Waals surface area contributed by atoms with Gasteiger partial charge in [0.25, 0.3) is 5.91 Å². The van der Waals surface area contributed by atoms with Gasteiger partial charge >= 0.3 is 5.97 Å². The van der Waals surface area contributed by atoms with Crippen molar-refractivity contribution >= 4 is 96.3 Å². The number of hydrogen-bond acceptors (Lipinski definition) is 10. The van der Waals surface area contributed by atoms with Gasteiger partial charge in [0.05, 0.1) is 24.4 Å². The number of ether oxygens (including phenoxy) is 1. The number of β-lactam (4-membered cyclic amide) rings is 1. The number of thioether (sulfide) groups is 2. The Morgan fingerprint density at radius 3 is 2.42 bits per heavy atom. The number of esters is 1. The summed E-state index contributed by atoms with van der Waals surface area (Å²) in [7, 11) is 0. The molecule has 0 saturated carbocycles. The average molecular weight is 749 g/mol. The van der Waals surface area contributed by atoms with Gasteiger partial charge in [-0.15, -0.1) is 45.8 Å². The van der Waals surface area contributed by atoms with Crippen molar-refractivity contribution in [2.45, 2.75) is 28.1 Å². The maximum atomic E-state index is 14.2. The second-order valence-corrected chi connectivity index (χ2v) is 17.1. The molecule has 13 heteroatoms. The highest BCUT2D eigenvalue weighted by Crippen LogP contribution is 2.43.